The predicted octanol–water partition coefficient (Wildman–Crippen LogP) is 2.43. The molecule has 3 aromatic rings. The number of benzene rings is 2. The number of fused-ring (bicyclic) bond motifs is 1. The molecular weight excluding hydrogens is 346 g/mol. The van der Waals surface area contributed by atoms with E-state index in [4.69, 9.17) is 9.47 Å². The molecule has 3 rings (SSSR count). The largest absolute Gasteiger partial charge is 0.493 e. The van der Waals surface area contributed by atoms with Gasteiger partial charge in [-0.3, -0.25) is 20.4 Å². The van der Waals surface area contributed by atoms with Crippen LogP contribution in [0, 0.1) is 6.92 Å². The highest BCUT2D eigenvalue weighted by atomic mass is 16.5. The number of hydrogen-bond acceptors (Lipinski definition) is 4. The zero-order valence-corrected chi connectivity index (χ0v) is 15.4. The van der Waals surface area contributed by atoms with Gasteiger partial charge in [0.2, 0.25) is 0 Å². The van der Waals surface area contributed by atoms with Gasteiger partial charge in [0.05, 0.1) is 14.2 Å². The molecular formula is C20H21N3O4. The van der Waals surface area contributed by atoms with E-state index in [1.54, 1.807) is 18.2 Å². The van der Waals surface area contributed by atoms with Crippen LogP contribution in [0.4, 0.5) is 0 Å². The predicted molar refractivity (Wildman–Crippen MR) is 102 cm³/mol. The quantitative estimate of drug-likeness (QED) is 0.679. The third kappa shape index (κ3) is 3.87. The summed E-state index contributed by atoms with van der Waals surface area (Å²) in [5.41, 5.74) is 7.15. The molecule has 7 heteroatoms. The highest BCUT2D eigenvalue weighted by molar-refractivity contribution is 5.96. The summed E-state index contributed by atoms with van der Waals surface area (Å²) >= 11 is 0. The number of hydrogen-bond donors (Lipinski definition) is 2. The average molecular weight is 367 g/mol. The molecule has 1 heterocycles. The minimum absolute atomic E-state index is 0.103. The van der Waals surface area contributed by atoms with E-state index in [0.29, 0.717) is 17.1 Å². The van der Waals surface area contributed by atoms with Crippen LogP contribution in [0.3, 0.4) is 0 Å². The lowest BCUT2D eigenvalue weighted by molar-refractivity contribution is -0.122. The Morgan fingerprint density at radius 2 is 1.70 bits per heavy atom. The zero-order chi connectivity index (χ0) is 19.4. The molecule has 0 saturated carbocycles. The van der Waals surface area contributed by atoms with Gasteiger partial charge in [0.1, 0.15) is 6.54 Å². The van der Waals surface area contributed by atoms with Crippen molar-refractivity contribution < 1.29 is 19.1 Å². The topological polar surface area (TPSA) is 81.6 Å². The van der Waals surface area contributed by atoms with E-state index >= 15 is 0 Å². The summed E-state index contributed by atoms with van der Waals surface area (Å²) in [4.78, 5) is 24.5. The fourth-order valence-electron chi connectivity index (χ4n) is 2.92. The number of carbonyl (C=O) groups excluding carboxylic acids is 2. The summed E-state index contributed by atoms with van der Waals surface area (Å²) in [6.07, 6.45) is 0. The van der Waals surface area contributed by atoms with E-state index in [2.05, 4.69) is 10.9 Å². The lowest BCUT2D eigenvalue weighted by Gasteiger charge is -2.12. The molecule has 0 unspecified atom stereocenters. The first kappa shape index (κ1) is 18.3. The van der Waals surface area contributed by atoms with E-state index in [1.807, 2.05) is 41.8 Å². The van der Waals surface area contributed by atoms with E-state index in [0.717, 1.165) is 16.6 Å². The molecule has 2 N–H and O–H groups in total. The van der Waals surface area contributed by atoms with Gasteiger partial charge >= 0.3 is 0 Å². The first-order chi connectivity index (χ1) is 13.0. The number of nitrogens with one attached hydrogen (secondary N) is 2. The molecule has 0 atom stereocenters. The molecule has 1 aromatic heterocycles. The molecule has 0 fully saturated rings. The summed E-state index contributed by atoms with van der Waals surface area (Å²) < 4.78 is 12.2. The maximum absolute atomic E-state index is 12.3. The maximum atomic E-state index is 12.3. The first-order valence-electron chi connectivity index (χ1n) is 8.39. The van der Waals surface area contributed by atoms with Crippen LogP contribution in [0.15, 0.2) is 48.5 Å². The lowest BCUT2D eigenvalue weighted by atomic mass is 10.2. The smallest absolute Gasteiger partial charge is 0.269 e. The van der Waals surface area contributed by atoms with Crippen molar-refractivity contribution in [2.75, 3.05) is 14.2 Å². The second kappa shape index (κ2) is 7.82. The van der Waals surface area contributed by atoms with Gasteiger partial charge < -0.3 is 14.0 Å². The standard InChI is InChI=1S/C20H21N3O4/c1-13-10-14-6-4-5-7-16(14)23(13)12-19(24)21-22-20(25)15-8-9-17(26-2)18(11-15)27-3/h4-11H,12H2,1-3H3,(H,21,24)(H,22,25). The summed E-state index contributed by atoms with van der Waals surface area (Å²) in [6, 6.07) is 14.6. The Morgan fingerprint density at radius 1 is 0.963 bits per heavy atom. The SMILES string of the molecule is COc1ccc(C(=O)NNC(=O)Cn2c(C)cc3ccccc32)cc1OC. The van der Waals surface area contributed by atoms with Gasteiger partial charge in [0.25, 0.3) is 11.8 Å². The van der Waals surface area contributed by atoms with Gasteiger partial charge in [-0.15, -0.1) is 0 Å². The van der Waals surface area contributed by atoms with Gasteiger partial charge in [-0.1, -0.05) is 18.2 Å². The Morgan fingerprint density at radius 3 is 2.44 bits per heavy atom. The van der Waals surface area contributed by atoms with Crippen molar-refractivity contribution in [2.45, 2.75) is 13.5 Å². The van der Waals surface area contributed by atoms with Gasteiger partial charge in [-0.05, 0) is 42.6 Å². The van der Waals surface area contributed by atoms with Crippen LogP contribution in [0.5, 0.6) is 11.5 Å². The zero-order valence-electron chi connectivity index (χ0n) is 15.4. The number of ether oxygens (including phenoxy) is 2. The van der Waals surface area contributed by atoms with Crippen LogP contribution >= 0.6 is 0 Å². The van der Waals surface area contributed by atoms with E-state index < -0.39 is 5.91 Å². The second-order valence-electron chi connectivity index (χ2n) is 6.00. The fraction of sp³-hybridized carbons (Fsp3) is 0.200. The monoisotopic (exact) mass is 367 g/mol. The molecule has 0 aliphatic rings. The van der Waals surface area contributed by atoms with Crippen molar-refractivity contribution in [3.63, 3.8) is 0 Å². The van der Waals surface area contributed by atoms with Crippen LogP contribution in [0.1, 0.15) is 16.1 Å². The molecule has 0 saturated heterocycles. The molecule has 0 radical (unpaired) electrons. The highest BCUT2D eigenvalue weighted by Gasteiger charge is 2.13. The summed E-state index contributed by atoms with van der Waals surface area (Å²) in [6.45, 7) is 2.04. The molecule has 27 heavy (non-hydrogen) atoms. The molecule has 0 aliphatic heterocycles. The van der Waals surface area contributed by atoms with Gasteiger partial charge in [-0.25, -0.2) is 0 Å². The number of rotatable bonds is 5. The molecule has 2 aromatic carbocycles. The van der Waals surface area contributed by atoms with Crippen LogP contribution in [-0.2, 0) is 11.3 Å². The van der Waals surface area contributed by atoms with Crippen molar-refractivity contribution in [1.82, 2.24) is 15.4 Å². The Hall–Kier alpha value is -3.48. The van der Waals surface area contributed by atoms with Crippen molar-refractivity contribution in [3.8, 4) is 11.5 Å². The van der Waals surface area contributed by atoms with Crippen molar-refractivity contribution in [1.29, 1.82) is 0 Å². The second-order valence-corrected chi connectivity index (χ2v) is 6.00. The van der Waals surface area contributed by atoms with Crippen molar-refractivity contribution in [3.05, 3.63) is 59.8 Å². The average Bonchev–Trinajstić information content (AvgIpc) is 3.00. The minimum Gasteiger partial charge on any atom is -0.493 e. The number of hydrazine groups is 1. The summed E-state index contributed by atoms with van der Waals surface area (Å²) in [7, 11) is 3.01. The highest BCUT2D eigenvalue weighted by Crippen LogP contribution is 2.27. The van der Waals surface area contributed by atoms with Crippen LogP contribution in [0.25, 0.3) is 10.9 Å². The Balaban J connectivity index is 1.65. The maximum Gasteiger partial charge on any atom is 0.269 e. The Kier molecular flexibility index (Phi) is 5.30. The van der Waals surface area contributed by atoms with E-state index in [1.165, 1.54) is 14.2 Å². The number of amides is 2. The Bertz CT molecular complexity index is 994. The minimum atomic E-state index is -0.446. The van der Waals surface area contributed by atoms with E-state index in [-0.39, 0.29) is 12.5 Å². The van der Waals surface area contributed by atoms with Crippen LogP contribution in [0.2, 0.25) is 0 Å². The number of para-hydroxylation sites is 1. The van der Waals surface area contributed by atoms with Gasteiger partial charge in [-0.2, -0.15) is 0 Å². The molecule has 140 valence electrons. The lowest BCUT2D eigenvalue weighted by Crippen LogP contribution is -2.43. The fourth-order valence-corrected chi connectivity index (χ4v) is 2.92. The van der Waals surface area contributed by atoms with Crippen molar-refractivity contribution >= 4 is 22.7 Å². The summed E-state index contributed by atoms with van der Waals surface area (Å²) in [5, 5.41) is 1.07. The van der Waals surface area contributed by atoms with Gasteiger partial charge in [0, 0.05) is 16.8 Å². The normalized spacial score (nSPS) is 10.5. The van der Waals surface area contributed by atoms with Crippen LogP contribution in [-0.4, -0.2) is 30.6 Å². The first-order valence-corrected chi connectivity index (χ1v) is 8.39. The number of aryl methyl sites for hydroxylation is 1. The third-order valence-corrected chi connectivity index (χ3v) is 4.28. The molecule has 2 amide bonds. The third-order valence-electron chi connectivity index (χ3n) is 4.28. The molecule has 7 nitrogen and oxygen atoms in total. The van der Waals surface area contributed by atoms with Crippen molar-refractivity contribution in [2.24, 2.45) is 0 Å². The number of methoxy groups -OCH3 is 2. The molecule has 0 aliphatic carbocycles. The van der Waals surface area contributed by atoms with E-state index in [9.17, 15) is 9.59 Å². The number of nitrogens with zero attached hydrogens (tertiary/aromatic N) is 1. The van der Waals surface area contributed by atoms with Crippen LogP contribution < -0.4 is 20.3 Å². The number of carbonyl (C=O) groups is 2. The molecule has 0 bridgehead atoms. The Labute approximate surface area is 156 Å². The number of aromatic nitrogens is 1. The molecule has 0 spiro atoms. The van der Waals surface area contributed by atoms with Gasteiger partial charge in [0.15, 0.2) is 11.5 Å². The summed E-state index contributed by atoms with van der Waals surface area (Å²) in [5.74, 6) is 0.186.